The van der Waals surface area contributed by atoms with Crippen molar-refractivity contribution in [2.24, 2.45) is 10.7 Å². The van der Waals surface area contributed by atoms with E-state index in [9.17, 15) is 0 Å². The van der Waals surface area contributed by atoms with Crippen LogP contribution in [0.4, 0.5) is 5.69 Å². The first-order valence-corrected chi connectivity index (χ1v) is 4.88. The van der Waals surface area contributed by atoms with Crippen LogP contribution in [0, 0.1) is 0 Å². The highest BCUT2D eigenvalue weighted by atomic mass is 16.5. The molecule has 1 aromatic carbocycles. The minimum atomic E-state index is -0.405. The average molecular weight is 205 g/mol. The van der Waals surface area contributed by atoms with E-state index < -0.39 is 5.54 Å². The largest absolute Gasteiger partial charge is 0.399 e. The zero-order valence-corrected chi connectivity index (χ0v) is 8.73. The Balaban J connectivity index is 2.41. The third kappa shape index (κ3) is 1.94. The lowest BCUT2D eigenvalue weighted by molar-refractivity contribution is 0.106. The van der Waals surface area contributed by atoms with E-state index in [4.69, 9.17) is 16.2 Å². The Labute approximate surface area is 88.9 Å². The lowest BCUT2D eigenvalue weighted by atomic mass is 9.92. The van der Waals surface area contributed by atoms with Gasteiger partial charge >= 0.3 is 0 Å². The van der Waals surface area contributed by atoms with Crippen molar-refractivity contribution in [3.8, 4) is 0 Å². The van der Waals surface area contributed by atoms with Crippen molar-refractivity contribution < 1.29 is 4.74 Å². The minimum absolute atomic E-state index is 0.405. The molecule has 1 unspecified atom stereocenters. The van der Waals surface area contributed by atoms with E-state index >= 15 is 0 Å². The van der Waals surface area contributed by atoms with Gasteiger partial charge in [0.1, 0.15) is 18.0 Å². The molecular weight excluding hydrogens is 190 g/mol. The Morgan fingerprint density at radius 1 is 1.40 bits per heavy atom. The quantitative estimate of drug-likeness (QED) is 0.668. The molecule has 0 aliphatic carbocycles. The van der Waals surface area contributed by atoms with Crippen molar-refractivity contribution in [3.05, 3.63) is 29.8 Å². The molecule has 15 heavy (non-hydrogen) atoms. The second-order valence-electron chi connectivity index (χ2n) is 4.00. The smallest absolute Gasteiger partial charge is 0.121 e. The normalized spacial score (nSPS) is 26.1. The van der Waals surface area contributed by atoms with Crippen LogP contribution in [0.3, 0.4) is 0 Å². The first-order valence-electron chi connectivity index (χ1n) is 4.88. The second kappa shape index (κ2) is 3.55. The Bertz CT molecular complexity index is 403. The van der Waals surface area contributed by atoms with E-state index in [1.807, 2.05) is 31.2 Å². The number of hydrogen-bond acceptors (Lipinski definition) is 4. The van der Waals surface area contributed by atoms with Crippen LogP contribution in [-0.2, 0) is 10.3 Å². The van der Waals surface area contributed by atoms with E-state index in [2.05, 4.69) is 4.99 Å². The number of hydrogen-bond donors (Lipinski definition) is 2. The Morgan fingerprint density at radius 3 is 2.87 bits per heavy atom. The van der Waals surface area contributed by atoms with E-state index in [0.29, 0.717) is 19.0 Å². The molecule has 0 spiro atoms. The summed E-state index contributed by atoms with van der Waals surface area (Å²) in [6.07, 6.45) is 0. The summed E-state index contributed by atoms with van der Waals surface area (Å²) < 4.78 is 5.40. The van der Waals surface area contributed by atoms with Gasteiger partial charge in [-0.1, -0.05) is 12.1 Å². The molecule has 0 radical (unpaired) electrons. The molecule has 4 N–H and O–H groups in total. The van der Waals surface area contributed by atoms with Crippen LogP contribution in [0.15, 0.2) is 29.3 Å². The van der Waals surface area contributed by atoms with E-state index in [-0.39, 0.29) is 0 Å². The zero-order chi connectivity index (χ0) is 10.9. The molecule has 0 aromatic heterocycles. The van der Waals surface area contributed by atoms with Gasteiger partial charge in [-0.2, -0.15) is 0 Å². The summed E-state index contributed by atoms with van der Waals surface area (Å²) >= 11 is 0. The van der Waals surface area contributed by atoms with Crippen LogP contribution in [0.1, 0.15) is 12.5 Å². The number of nitrogen functional groups attached to an aromatic ring is 1. The molecule has 2 rings (SSSR count). The van der Waals surface area contributed by atoms with Gasteiger partial charge in [-0.05, 0) is 24.6 Å². The molecule has 1 heterocycles. The molecule has 1 aliphatic rings. The zero-order valence-electron chi connectivity index (χ0n) is 8.73. The van der Waals surface area contributed by atoms with Gasteiger partial charge in [-0.15, -0.1) is 0 Å². The Kier molecular flexibility index (Phi) is 2.36. The van der Waals surface area contributed by atoms with Crippen LogP contribution in [-0.4, -0.2) is 19.0 Å². The maximum Gasteiger partial charge on any atom is 0.121 e. The fourth-order valence-electron chi connectivity index (χ4n) is 1.76. The molecule has 0 fully saturated rings. The Hall–Kier alpha value is -1.55. The van der Waals surface area contributed by atoms with Gasteiger partial charge in [0, 0.05) is 5.69 Å². The lowest BCUT2D eigenvalue weighted by Gasteiger charge is -2.30. The lowest BCUT2D eigenvalue weighted by Crippen LogP contribution is -2.37. The van der Waals surface area contributed by atoms with Crippen LogP contribution >= 0.6 is 0 Å². The standard InChI is InChI=1S/C11H15N3O/c1-11(7-15-6-10(13)14-11)8-3-2-4-9(12)5-8/h2-5H,6-7,12H2,1H3,(H2,13,14). The number of aliphatic imine (C=N–C) groups is 1. The van der Waals surface area contributed by atoms with Crippen molar-refractivity contribution in [2.45, 2.75) is 12.5 Å². The number of benzene rings is 1. The van der Waals surface area contributed by atoms with Gasteiger partial charge < -0.3 is 16.2 Å². The van der Waals surface area contributed by atoms with Crippen LogP contribution in [0.2, 0.25) is 0 Å². The molecular formula is C11H15N3O. The summed E-state index contributed by atoms with van der Waals surface area (Å²) in [5.41, 5.74) is 12.8. The van der Waals surface area contributed by atoms with Gasteiger partial charge in [0.15, 0.2) is 0 Å². The summed E-state index contributed by atoms with van der Waals surface area (Å²) in [7, 11) is 0. The SMILES string of the molecule is CC1(c2cccc(N)c2)COCC(N)=N1. The first kappa shape index (κ1) is 9.98. The summed E-state index contributed by atoms with van der Waals surface area (Å²) in [5, 5.41) is 0. The number of rotatable bonds is 1. The molecule has 1 atom stereocenters. The summed E-state index contributed by atoms with van der Waals surface area (Å²) in [6.45, 7) is 2.95. The highest BCUT2D eigenvalue weighted by Crippen LogP contribution is 2.29. The number of anilines is 1. The van der Waals surface area contributed by atoms with Crippen molar-refractivity contribution in [1.29, 1.82) is 0 Å². The fraction of sp³-hybridized carbons (Fsp3) is 0.364. The van der Waals surface area contributed by atoms with Gasteiger partial charge in [-0.25, -0.2) is 0 Å². The minimum Gasteiger partial charge on any atom is -0.399 e. The summed E-state index contributed by atoms with van der Waals surface area (Å²) in [6, 6.07) is 7.66. The van der Waals surface area contributed by atoms with Crippen molar-refractivity contribution in [1.82, 2.24) is 0 Å². The van der Waals surface area contributed by atoms with Gasteiger partial charge in [-0.3, -0.25) is 4.99 Å². The van der Waals surface area contributed by atoms with E-state index in [1.165, 1.54) is 0 Å². The summed E-state index contributed by atoms with van der Waals surface area (Å²) in [5.74, 6) is 0.533. The second-order valence-corrected chi connectivity index (χ2v) is 4.00. The van der Waals surface area contributed by atoms with Crippen molar-refractivity contribution in [2.75, 3.05) is 18.9 Å². The molecule has 1 aliphatic heterocycles. The predicted molar refractivity (Wildman–Crippen MR) is 60.6 cm³/mol. The third-order valence-corrected chi connectivity index (χ3v) is 2.53. The van der Waals surface area contributed by atoms with Gasteiger partial charge in [0.2, 0.25) is 0 Å². The highest BCUT2D eigenvalue weighted by molar-refractivity contribution is 5.82. The molecule has 0 saturated heterocycles. The molecule has 0 saturated carbocycles. The summed E-state index contributed by atoms with van der Waals surface area (Å²) in [4.78, 5) is 4.44. The van der Waals surface area contributed by atoms with E-state index in [0.717, 1.165) is 11.3 Å². The fourth-order valence-corrected chi connectivity index (χ4v) is 1.76. The van der Waals surface area contributed by atoms with Crippen LogP contribution in [0.25, 0.3) is 0 Å². The van der Waals surface area contributed by atoms with Crippen LogP contribution in [0.5, 0.6) is 0 Å². The molecule has 4 heteroatoms. The molecule has 0 amide bonds. The molecule has 0 bridgehead atoms. The molecule has 1 aromatic rings. The van der Waals surface area contributed by atoms with Gasteiger partial charge in [0.25, 0.3) is 0 Å². The topological polar surface area (TPSA) is 73.6 Å². The molecule has 4 nitrogen and oxygen atoms in total. The third-order valence-electron chi connectivity index (χ3n) is 2.53. The number of amidine groups is 1. The number of ether oxygens (including phenoxy) is 1. The van der Waals surface area contributed by atoms with Crippen molar-refractivity contribution in [3.63, 3.8) is 0 Å². The number of nitrogens with zero attached hydrogens (tertiary/aromatic N) is 1. The first-order chi connectivity index (χ1) is 7.10. The maximum absolute atomic E-state index is 5.74. The van der Waals surface area contributed by atoms with Gasteiger partial charge in [0.05, 0.1) is 6.61 Å². The highest BCUT2D eigenvalue weighted by Gasteiger charge is 2.29. The monoisotopic (exact) mass is 205 g/mol. The number of nitrogens with two attached hydrogens (primary N) is 2. The maximum atomic E-state index is 5.74. The average Bonchev–Trinajstić information content (AvgIpc) is 2.17. The predicted octanol–water partition coefficient (Wildman–Crippen LogP) is 0.871. The van der Waals surface area contributed by atoms with Crippen LogP contribution < -0.4 is 11.5 Å². The Morgan fingerprint density at radius 2 is 2.20 bits per heavy atom. The van der Waals surface area contributed by atoms with Crippen molar-refractivity contribution >= 4 is 11.5 Å². The molecule has 80 valence electrons. The van der Waals surface area contributed by atoms with E-state index in [1.54, 1.807) is 0 Å².